The molecule has 2 heterocycles. The van der Waals surface area contributed by atoms with Crippen molar-refractivity contribution in [2.24, 2.45) is 0 Å². The molecule has 1 saturated heterocycles. The summed E-state index contributed by atoms with van der Waals surface area (Å²) in [7, 11) is 0. The highest BCUT2D eigenvalue weighted by Crippen LogP contribution is 2.36. The van der Waals surface area contributed by atoms with E-state index in [2.05, 4.69) is 29.3 Å². The molecule has 0 spiro atoms. The first-order valence-corrected chi connectivity index (χ1v) is 6.21. The Labute approximate surface area is 102 Å². The highest BCUT2D eigenvalue weighted by molar-refractivity contribution is 5.57. The van der Waals surface area contributed by atoms with Gasteiger partial charge in [-0.15, -0.1) is 0 Å². The molecule has 4 heteroatoms. The molecule has 0 aromatic heterocycles. The van der Waals surface area contributed by atoms with Crippen molar-refractivity contribution in [2.45, 2.75) is 19.4 Å². The monoisotopic (exact) mass is 234 g/mol. The fourth-order valence-electron chi connectivity index (χ4n) is 2.46. The summed E-state index contributed by atoms with van der Waals surface area (Å²) in [6, 6.07) is 6.77. The molecule has 1 fully saturated rings. The second-order valence-electron chi connectivity index (χ2n) is 4.62. The van der Waals surface area contributed by atoms with Crippen molar-refractivity contribution >= 4 is 5.69 Å². The quantitative estimate of drug-likeness (QED) is 0.800. The van der Waals surface area contributed by atoms with E-state index in [1.54, 1.807) is 0 Å². The smallest absolute Gasteiger partial charge is 0.231 e. The third-order valence-electron chi connectivity index (χ3n) is 3.49. The first-order chi connectivity index (χ1) is 8.34. The van der Waals surface area contributed by atoms with E-state index in [1.165, 1.54) is 12.1 Å². The Kier molecular flexibility index (Phi) is 2.81. The first-order valence-electron chi connectivity index (χ1n) is 6.21. The van der Waals surface area contributed by atoms with Crippen LogP contribution in [0.15, 0.2) is 18.2 Å². The molecule has 1 atom stereocenters. The van der Waals surface area contributed by atoms with Gasteiger partial charge in [0.25, 0.3) is 0 Å². The van der Waals surface area contributed by atoms with E-state index in [9.17, 15) is 0 Å². The maximum atomic E-state index is 5.43. The molecule has 0 saturated carbocycles. The Balaban J connectivity index is 1.87. The van der Waals surface area contributed by atoms with Gasteiger partial charge < -0.3 is 19.7 Å². The third-order valence-corrected chi connectivity index (χ3v) is 3.49. The molecular formula is C13H18N2O2. The van der Waals surface area contributed by atoms with Crippen LogP contribution >= 0.6 is 0 Å². The van der Waals surface area contributed by atoms with Crippen LogP contribution in [-0.4, -0.2) is 32.5 Å². The molecule has 17 heavy (non-hydrogen) atoms. The second-order valence-corrected chi connectivity index (χ2v) is 4.62. The van der Waals surface area contributed by atoms with Gasteiger partial charge in [-0.1, -0.05) is 0 Å². The minimum Gasteiger partial charge on any atom is -0.454 e. The van der Waals surface area contributed by atoms with Gasteiger partial charge >= 0.3 is 0 Å². The van der Waals surface area contributed by atoms with E-state index in [0.717, 1.165) is 31.1 Å². The van der Waals surface area contributed by atoms with Crippen LogP contribution in [0.1, 0.15) is 13.3 Å². The number of nitrogens with zero attached hydrogens (tertiary/aromatic N) is 1. The Bertz CT molecular complexity index is 408. The van der Waals surface area contributed by atoms with Crippen molar-refractivity contribution < 1.29 is 9.47 Å². The van der Waals surface area contributed by atoms with Crippen LogP contribution in [0.5, 0.6) is 11.5 Å². The zero-order valence-electron chi connectivity index (χ0n) is 10.1. The molecule has 2 aliphatic heterocycles. The molecule has 1 unspecified atom stereocenters. The zero-order chi connectivity index (χ0) is 11.7. The van der Waals surface area contributed by atoms with Crippen molar-refractivity contribution in [2.75, 3.05) is 31.3 Å². The molecule has 1 N–H and O–H groups in total. The highest BCUT2D eigenvalue weighted by Gasteiger charge is 2.20. The van der Waals surface area contributed by atoms with E-state index in [0.29, 0.717) is 12.8 Å². The lowest BCUT2D eigenvalue weighted by Crippen LogP contribution is -2.34. The lowest BCUT2D eigenvalue weighted by molar-refractivity contribution is 0.174. The molecule has 0 bridgehead atoms. The van der Waals surface area contributed by atoms with Gasteiger partial charge in [-0.2, -0.15) is 0 Å². The topological polar surface area (TPSA) is 33.7 Å². The lowest BCUT2D eigenvalue weighted by Gasteiger charge is -2.29. The Morgan fingerprint density at radius 2 is 2.12 bits per heavy atom. The number of nitrogens with one attached hydrogen (secondary N) is 1. The molecule has 1 aromatic rings. The largest absolute Gasteiger partial charge is 0.454 e. The molecule has 0 amide bonds. The minimum absolute atomic E-state index is 0.343. The van der Waals surface area contributed by atoms with Crippen molar-refractivity contribution in [3.8, 4) is 11.5 Å². The molecule has 3 rings (SSSR count). The van der Waals surface area contributed by atoms with E-state index in [4.69, 9.17) is 9.47 Å². The molecule has 92 valence electrons. The number of hydrogen-bond acceptors (Lipinski definition) is 4. The summed E-state index contributed by atoms with van der Waals surface area (Å²) in [5.74, 6) is 1.72. The van der Waals surface area contributed by atoms with Crippen LogP contribution in [0.4, 0.5) is 5.69 Å². The number of anilines is 1. The fourth-order valence-corrected chi connectivity index (χ4v) is 2.46. The van der Waals surface area contributed by atoms with Crippen LogP contribution in [0.25, 0.3) is 0 Å². The van der Waals surface area contributed by atoms with Crippen molar-refractivity contribution in [1.82, 2.24) is 5.32 Å². The second kappa shape index (κ2) is 4.45. The summed E-state index contributed by atoms with van der Waals surface area (Å²) in [6.07, 6.45) is 1.18. The van der Waals surface area contributed by atoms with Gasteiger partial charge in [0, 0.05) is 30.9 Å². The van der Waals surface area contributed by atoms with Crippen LogP contribution < -0.4 is 19.7 Å². The van der Waals surface area contributed by atoms with Gasteiger partial charge in [-0.05, 0) is 32.0 Å². The number of rotatable bonds is 1. The Morgan fingerprint density at radius 1 is 1.24 bits per heavy atom. The summed E-state index contributed by atoms with van der Waals surface area (Å²) >= 11 is 0. The van der Waals surface area contributed by atoms with Gasteiger partial charge in [-0.3, -0.25) is 0 Å². The Hall–Kier alpha value is -1.42. The molecule has 0 aliphatic carbocycles. The van der Waals surface area contributed by atoms with E-state index in [-0.39, 0.29) is 0 Å². The SMILES string of the molecule is CC1CCNCCN1c1ccc2c(c1)OCO2. The molecular weight excluding hydrogens is 216 g/mol. The van der Waals surface area contributed by atoms with Crippen molar-refractivity contribution in [3.63, 3.8) is 0 Å². The van der Waals surface area contributed by atoms with Crippen LogP contribution in [0.3, 0.4) is 0 Å². The first kappa shape index (κ1) is 10.7. The van der Waals surface area contributed by atoms with E-state index in [1.807, 2.05) is 6.07 Å². The molecule has 4 nitrogen and oxygen atoms in total. The van der Waals surface area contributed by atoms with Crippen LogP contribution in [0, 0.1) is 0 Å². The molecule has 0 radical (unpaired) electrons. The van der Waals surface area contributed by atoms with Crippen LogP contribution in [-0.2, 0) is 0 Å². The number of fused-ring (bicyclic) bond motifs is 1. The zero-order valence-corrected chi connectivity index (χ0v) is 10.1. The average Bonchev–Trinajstić information content (AvgIpc) is 2.70. The molecule has 2 aliphatic rings. The molecule has 1 aromatic carbocycles. The Morgan fingerprint density at radius 3 is 3.06 bits per heavy atom. The van der Waals surface area contributed by atoms with Gasteiger partial charge in [-0.25, -0.2) is 0 Å². The predicted octanol–water partition coefficient (Wildman–Crippen LogP) is 1.60. The van der Waals surface area contributed by atoms with Crippen LogP contribution in [0.2, 0.25) is 0 Å². The third kappa shape index (κ3) is 2.05. The lowest BCUT2D eigenvalue weighted by atomic mass is 10.1. The number of benzene rings is 1. The van der Waals surface area contributed by atoms with E-state index >= 15 is 0 Å². The summed E-state index contributed by atoms with van der Waals surface area (Å²) in [4.78, 5) is 2.43. The maximum Gasteiger partial charge on any atom is 0.231 e. The fraction of sp³-hybridized carbons (Fsp3) is 0.538. The predicted molar refractivity (Wildman–Crippen MR) is 66.9 cm³/mol. The van der Waals surface area contributed by atoms with Gasteiger partial charge in [0.15, 0.2) is 11.5 Å². The van der Waals surface area contributed by atoms with Crippen molar-refractivity contribution in [3.05, 3.63) is 18.2 Å². The van der Waals surface area contributed by atoms with E-state index < -0.39 is 0 Å². The summed E-state index contributed by atoms with van der Waals surface area (Å²) in [5.41, 5.74) is 1.23. The summed E-state index contributed by atoms with van der Waals surface area (Å²) < 4.78 is 10.8. The summed E-state index contributed by atoms with van der Waals surface area (Å²) in [5, 5.41) is 3.43. The van der Waals surface area contributed by atoms with Gasteiger partial charge in [0.05, 0.1) is 0 Å². The maximum absolute atomic E-state index is 5.43. The van der Waals surface area contributed by atoms with Gasteiger partial charge in [0.1, 0.15) is 0 Å². The van der Waals surface area contributed by atoms with Crippen molar-refractivity contribution in [1.29, 1.82) is 0 Å². The minimum atomic E-state index is 0.343. The summed E-state index contributed by atoms with van der Waals surface area (Å²) in [6.45, 7) is 5.80. The van der Waals surface area contributed by atoms with Gasteiger partial charge in [0.2, 0.25) is 6.79 Å². The number of hydrogen-bond donors (Lipinski definition) is 1. The highest BCUT2D eigenvalue weighted by atomic mass is 16.7. The standard InChI is InChI=1S/C13H18N2O2/c1-10-4-5-14-6-7-15(10)11-2-3-12-13(8-11)17-9-16-12/h2-3,8,10,14H,4-7,9H2,1H3. The normalized spacial score (nSPS) is 23.6. The average molecular weight is 234 g/mol. The number of ether oxygens (including phenoxy) is 2.